The minimum Gasteiger partial charge on any atom is -0.460 e. The molecule has 0 unspecified atom stereocenters. The third-order valence-electron chi connectivity index (χ3n) is 2.81. The van der Waals surface area contributed by atoms with E-state index in [0.717, 1.165) is 12.8 Å². The molecule has 0 aliphatic heterocycles. The standard InChI is InChI=1S/C13H23NO4S/c1-8(15)17-11-7-9(19-5)6-10(11)14-12(16)18-13(2,3)4/h9-11H,6-7H2,1-5H3,(H,14,16)/t9-,10-,11-/m1/s1. The van der Waals surface area contributed by atoms with Crippen LogP contribution in [0.2, 0.25) is 0 Å². The van der Waals surface area contributed by atoms with Gasteiger partial charge in [-0.2, -0.15) is 11.8 Å². The summed E-state index contributed by atoms with van der Waals surface area (Å²) in [6.07, 6.45) is 2.85. The Bertz CT molecular complexity index is 340. The lowest BCUT2D eigenvalue weighted by molar-refractivity contribution is -0.146. The lowest BCUT2D eigenvalue weighted by Gasteiger charge is -2.24. The van der Waals surface area contributed by atoms with Gasteiger partial charge < -0.3 is 14.8 Å². The maximum atomic E-state index is 11.8. The normalized spacial score (nSPS) is 26.9. The van der Waals surface area contributed by atoms with Crippen LogP contribution in [-0.2, 0) is 14.3 Å². The molecule has 0 heterocycles. The van der Waals surface area contributed by atoms with E-state index in [9.17, 15) is 9.59 Å². The fourth-order valence-electron chi connectivity index (χ4n) is 2.10. The Labute approximate surface area is 118 Å². The van der Waals surface area contributed by atoms with Gasteiger partial charge in [0.15, 0.2) is 0 Å². The molecule has 0 aromatic rings. The number of alkyl carbamates (subject to hydrolysis) is 1. The third-order valence-corrected chi connectivity index (χ3v) is 3.87. The van der Waals surface area contributed by atoms with Crippen LogP contribution in [0.1, 0.15) is 40.5 Å². The number of carbonyl (C=O) groups excluding carboxylic acids is 2. The highest BCUT2D eigenvalue weighted by Gasteiger charge is 2.37. The van der Waals surface area contributed by atoms with Gasteiger partial charge >= 0.3 is 12.1 Å². The number of esters is 1. The quantitative estimate of drug-likeness (QED) is 0.808. The minimum absolute atomic E-state index is 0.170. The second kappa shape index (κ2) is 6.50. The summed E-state index contributed by atoms with van der Waals surface area (Å²) in [4.78, 5) is 22.8. The average molecular weight is 289 g/mol. The summed E-state index contributed by atoms with van der Waals surface area (Å²) in [7, 11) is 0. The molecule has 1 aliphatic rings. The molecule has 1 saturated carbocycles. The number of rotatable bonds is 3. The Morgan fingerprint density at radius 1 is 1.26 bits per heavy atom. The molecule has 1 fully saturated rings. The summed E-state index contributed by atoms with van der Waals surface area (Å²) in [5.74, 6) is -0.317. The van der Waals surface area contributed by atoms with Crippen LogP contribution < -0.4 is 5.32 Å². The van der Waals surface area contributed by atoms with Crippen LogP contribution in [0.15, 0.2) is 0 Å². The van der Waals surface area contributed by atoms with Gasteiger partial charge in [0.05, 0.1) is 6.04 Å². The van der Waals surface area contributed by atoms with Gasteiger partial charge in [0, 0.05) is 12.2 Å². The van der Waals surface area contributed by atoms with Gasteiger partial charge in [-0.15, -0.1) is 0 Å². The second-order valence-electron chi connectivity index (χ2n) is 5.73. The Balaban J connectivity index is 2.58. The number of nitrogens with one attached hydrogen (secondary N) is 1. The fourth-order valence-corrected chi connectivity index (χ4v) is 2.88. The van der Waals surface area contributed by atoms with Crippen LogP contribution >= 0.6 is 11.8 Å². The molecule has 0 spiro atoms. The summed E-state index contributed by atoms with van der Waals surface area (Å²) < 4.78 is 10.5. The molecule has 1 amide bonds. The van der Waals surface area contributed by atoms with Gasteiger partial charge in [-0.1, -0.05) is 0 Å². The van der Waals surface area contributed by atoms with Crippen molar-refractivity contribution in [2.45, 2.75) is 63.5 Å². The number of carbonyl (C=O) groups is 2. The predicted molar refractivity (Wildman–Crippen MR) is 75.2 cm³/mol. The highest BCUT2D eigenvalue weighted by atomic mass is 32.2. The molecule has 0 radical (unpaired) electrons. The van der Waals surface area contributed by atoms with Gasteiger partial charge in [0.25, 0.3) is 0 Å². The molecule has 110 valence electrons. The van der Waals surface area contributed by atoms with E-state index in [2.05, 4.69) is 5.32 Å². The molecule has 6 heteroatoms. The monoisotopic (exact) mass is 289 g/mol. The average Bonchev–Trinajstić information content (AvgIpc) is 2.57. The summed E-state index contributed by atoms with van der Waals surface area (Å²) in [6, 6.07) is -0.170. The van der Waals surface area contributed by atoms with Gasteiger partial charge in [0.1, 0.15) is 11.7 Å². The highest BCUT2D eigenvalue weighted by Crippen LogP contribution is 2.31. The van der Waals surface area contributed by atoms with E-state index < -0.39 is 11.7 Å². The summed E-state index contributed by atoms with van der Waals surface area (Å²) in [5, 5.41) is 3.20. The molecule has 19 heavy (non-hydrogen) atoms. The topological polar surface area (TPSA) is 64.6 Å². The first-order valence-corrected chi connectivity index (χ1v) is 7.69. The summed E-state index contributed by atoms with van der Waals surface area (Å²) in [6.45, 7) is 6.83. The first kappa shape index (κ1) is 16.1. The largest absolute Gasteiger partial charge is 0.460 e. The van der Waals surface area contributed by atoms with E-state index in [4.69, 9.17) is 9.47 Å². The highest BCUT2D eigenvalue weighted by molar-refractivity contribution is 7.99. The van der Waals surface area contributed by atoms with Gasteiger partial charge in [-0.25, -0.2) is 4.79 Å². The third kappa shape index (κ3) is 5.72. The second-order valence-corrected chi connectivity index (χ2v) is 6.87. The van der Waals surface area contributed by atoms with E-state index in [1.54, 1.807) is 11.8 Å². The maximum Gasteiger partial charge on any atom is 0.408 e. The number of thioether (sulfide) groups is 1. The van der Waals surface area contributed by atoms with Crippen molar-refractivity contribution in [2.75, 3.05) is 6.26 Å². The summed E-state index contributed by atoms with van der Waals surface area (Å²) in [5.41, 5.74) is -0.529. The zero-order valence-corrected chi connectivity index (χ0v) is 13.0. The van der Waals surface area contributed by atoms with E-state index in [-0.39, 0.29) is 18.1 Å². The number of hydrogen-bond acceptors (Lipinski definition) is 5. The van der Waals surface area contributed by atoms with Crippen molar-refractivity contribution in [3.63, 3.8) is 0 Å². The molecular formula is C13H23NO4S. The molecule has 1 N–H and O–H groups in total. The van der Waals surface area contributed by atoms with Crippen molar-refractivity contribution in [1.82, 2.24) is 5.32 Å². The van der Waals surface area contributed by atoms with Crippen LogP contribution in [0.4, 0.5) is 4.79 Å². The van der Waals surface area contributed by atoms with E-state index >= 15 is 0 Å². The van der Waals surface area contributed by atoms with Gasteiger partial charge in [0.2, 0.25) is 0 Å². The van der Waals surface area contributed by atoms with Crippen LogP contribution in [0.5, 0.6) is 0 Å². The maximum absolute atomic E-state index is 11.8. The van der Waals surface area contributed by atoms with Crippen LogP contribution in [0.25, 0.3) is 0 Å². The van der Waals surface area contributed by atoms with Crippen molar-refractivity contribution in [1.29, 1.82) is 0 Å². The van der Waals surface area contributed by atoms with Crippen LogP contribution in [-0.4, -0.2) is 41.3 Å². The Kier molecular flexibility index (Phi) is 5.52. The smallest absolute Gasteiger partial charge is 0.408 e. The number of amides is 1. The van der Waals surface area contributed by atoms with Crippen molar-refractivity contribution in [3.05, 3.63) is 0 Å². The number of hydrogen-bond donors (Lipinski definition) is 1. The SMILES string of the molecule is CS[C@@H]1C[C@@H](NC(=O)OC(C)(C)C)[C@H](OC(C)=O)C1. The minimum atomic E-state index is -0.529. The predicted octanol–water partition coefficient (Wildman–Crippen LogP) is 2.34. The van der Waals surface area contributed by atoms with E-state index in [1.807, 2.05) is 27.0 Å². The Hall–Kier alpha value is -0.910. The van der Waals surface area contributed by atoms with Crippen molar-refractivity contribution in [3.8, 4) is 0 Å². The molecule has 0 aromatic heterocycles. The molecule has 0 aromatic carbocycles. The summed E-state index contributed by atoms with van der Waals surface area (Å²) >= 11 is 1.72. The molecule has 0 bridgehead atoms. The molecule has 1 rings (SSSR count). The van der Waals surface area contributed by atoms with Crippen LogP contribution in [0, 0.1) is 0 Å². The zero-order valence-electron chi connectivity index (χ0n) is 12.2. The number of ether oxygens (including phenoxy) is 2. The molecule has 1 aliphatic carbocycles. The van der Waals surface area contributed by atoms with E-state index in [0.29, 0.717) is 5.25 Å². The lowest BCUT2D eigenvalue weighted by atomic mass is 10.2. The van der Waals surface area contributed by atoms with Crippen molar-refractivity contribution < 1.29 is 19.1 Å². The molecule has 0 saturated heterocycles. The first-order chi connectivity index (χ1) is 8.71. The van der Waals surface area contributed by atoms with Crippen molar-refractivity contribution >= 4 is 23.8 Å². The van der Waals surface area contributed by atoms with Crippen molar-refractivity contribution in [2.24, 2.45) is 0 Å². The Morgan fingerprint density at radius 3 is 2.37 bits per heavy atom. The van der Waals surface area contributed by atoms with E-state index in [1.165, 1.54) is 6.92 Å². The Morgan fingerprint density at radius 2 is 1.89 bits per heavy atom. The van der Waals surface area contributed by atoms with Crippen LogP contribution in [0.3, 0.4) is 0 Å². The lowest BCUT2D eigenvalue weighted by Crippen LogP contribution is -2.44. The van der Waals surface area contributed by atoms with Gasteiger partial charge in [-0.3, -0.25) is 4.79 Å². The molecule has 5 nitrogen and oxygen atoms in total. The first-order valence-electron chi connectivity index (χ1n) is 6.41. The fraction of sp³-hybridized carbons (Fsp3) is 0.846. The van der Waals surface area contributed by atoms with Gasteiger partial charge in [-0.05, 0) is 39.9 Å². The molecular weight excluding hydrogens is 266 g/mol. The zero-order chi connectivity index (χ0) is 14.6. The molecule has 3 atom stereocenters.